The number of hydrogen-bond acceptors (Lipinski definition) is 3. The molecule has 3 nitrogen and oxygen atoms in total. The topological polar surface area (TPSA) is 9.72 Å². The highest BCUT2D eigenvalue weighted by Gasteiger charge is 2.53. The largest absolute Gasteiger partial charge is 0.300 e. The van der Waals surface area contributed by atoms with Gasteiger partial charge in [0.05, 0.1) is 0 Å². The first-order chi connectivity index (χ1) is 18.7. The van der Waals surface area contributed by atoms with E-state index in [2.05, 4.69) is 97.8 Å². The molecule has 3 aliphatic carbocycles. The Labute approximate surface area is 251 Å². The van der Waals surface area contributed by atoms with Gasteiger partial charge in [0.25, 0.3) is 0 Å². The number of hydrogen-bond donors (Lipinski definition) is 0. The van der Waals surface area contributed by atoms with Crippen LogP contribution in [0, 0.1) is 52.8 Å². The molecule has 4 atom stereocenters. The minimum absolute atomic E-state index is 0.762. The van der Waals surface area contributed by atoms with Crippen molar-refractivity contribution >= 4 is 0 Å². The lowest BCUT2D eigenvalue weighted by molar-refractivity contribution is -0.117. The number of fused-ring (bicyclic) bond motifs is 3. The normalized spacial score (nSPS) is 35.5. The fourth-order valence-electron chi connectivity index (χ4n) is 9.65. The SMILES string of the molecule is CC(C)C1CC2(C1)CN(C(C)C)C2.CC(C)C1CC2CC(C1)N2C(C)C.CC(C)C1CC2CN(C(C)C)CC2C1. The van der Waals surface area contributed by atoms with Gasteiger partial charge in [0, 0.05) is 56.4 Å². The van der Waals surface area contributed by atoms with E-state index in [0.717, 1.165) is 83.0 Å². The number of rotatable bonds is 6. The van der Waals surface area contributed by atoms with E-state index >= 15 is 0 Å². The van der Waals surface area contributed by atoms with Gasteiger partial charge in [0.15, 0.2) is 0 Å². The van der Waals surface area contributed by atoms with E-state index < -0.39 is 0 Å². The molecule has 7 rings (SSSR count). The lowest BCUT2D eigenvalue weighted by Gasteiger charge is -2.61. The highest BCUT2D eigenvalue weighted by atomic mass is 15.3. The molecule has 7 aliphatic rings. The van der Waals surface area contributed by atoms with Crippen LogP contribution in [0.2, 0.25) is 0 Å². The summed E-state index contributed by atoms with van der Waals surface area (Å²) in [6.07, 6.45) is 10.4. The number of nitrogens with zero attached hydrogens (tertiary/aromatic N) is 3. The minimum Gasteiger partial charge on any atom is -0.300 e. The molecule has 0 amide bonds. The van der Waals surface area contributed by atoms with Gasteiger partial charge < -0.3 is 4.90 Å². The van der Waals surface area contributed by atoms with Gasteiger partial charge in [-0.15, -0.1) is 0 Å². The first-order valence-corrected chi connectivity index (χ1v) is 17.9. The number of likely N-dealkylation sites (tertiary alicyclic amines) is 2. The molecule has 0 N–H and O–H groups in total. The minimum atomic E-state index is 0.762. The smallest absolute Gasteiger partial charge is 0.0118 e. The van der Waals surface area contributed by atoms with Crippen LogP contribution >= 0.6 is 0 Å². The van der Waals surface area contributed by atoms with Gasteiger partial charge in [-0.1, -0.05) is 41.5 Å². The van der Waals surface area contributed by atoms with Gasteiger partial charge in [-0.3, -0.25) is 9.80 Å². The van der Waals surface area contributed by atoms with Crippen LogP contribution in [0.1, 0.15) is 128 Å². The van der Waals surface area contributed by atoms with Crippen molar-refractivity contribution in [3.8, 4) is 0 Å². The van der Waals surface area contributed by atoms with Crippen LogP contribution in [0.25, 0.3) is 0 Å². The molecular formula is C37H71N3. The van der Waals surface area contributed by atoms with Gasteiger partial charge in [0.1, 0.15) is 0 Å². The van der Waals surface area contributed by atoms with Crippen LogP contribution in [0.4, 0.5) is 0 Å². The second-order valence-electron chi connectivity index (χ2n) is 17.5. The Morgan fingerprint density at radius 1 is 0.475 bits per heavy atom. The van der Waals surface area contributed by atoms with E-state index in [4.69, 9.17) is 0 Å². The van der Waals surface area contributed by atoms with Crippen LogP contribution < -0.4 is 0 Å². The maximum atomic E-state index is 2.74. The zero-order valence-electron chi connectivity index (χ0n) is 29.1. The molecule has 40 heavy (non-hydrogen) atoms. The lowest BCUT2D eigenvalue weighted by Crippen LogP contribution is -2.64. The third kappa shape index (κ3) is 7.32. The Balaban J connectivity index is 0.000000139. The average molecular weight is 558 g/mol. The summed E-state index contributed by atoms with van der Waals surface area (Å²) in [6, 6.07) is 4.18. The third-order valence-electron chi connectivity index (χ3n) is 12.7. The van der Waals surface area contributed by atoms with Gasteiger partial charge in [0.2, 0.25) is 0 Å². The Kier molecular flexibility index (Phi) is 10.9. The molecule has 0 aromatic carbocycles. The van der Waals surface area contributed by atoms with Gasteiger partial charge in [-0.05, 0) is 139 Å². The van der Waals surface area contributed by atoms with Crippen molar-refractivity contribution in [2.75, 3.05) is 26.2 Å². The predicted octanol–water partition coefficient (Wildman–Crippen LogP) is 8.68. The number of piperidine rings is 1. The molecule has 1 spiro atoms. The van der Waals surface area contributed by atoms with Crippen molar-refractivity contribution < 1.29 is 0 Å². The third-order valence-corrected chi connectivity index (χ3v) is 12.7. The molecule has 4 saturated heterocycles. The van der Waals surface area contributed by atoms with Crippen LogP contribution in [0.3, 0.4) is 0 Å². The summed E-state index contributed by atoms with van der Waals surface area (Å²) in [5, 5.41) is 0. The van der Waals surface area contributed by atoms with Crippen LogP contribution in [-0.2, 0) is 0 Å². The average Bonchev–Trinajstić information content (AvgIpc) is 3.37. The van der Waals surface area contributed by atoms with Crippen molar-refractivity contribution in [3.05, 3.63) is 0 Å². The highest BCUT2D eigenvalue weighted by molar-refractivity contribution is 5.05. The zero-order valence-corrected chi connectivity index (χ0v) is 29.1. The summed E-state index contributed by atoms with van der Waals surface area (Å²) in [5.41, 5.74) is 0.777. The quantitative estimate of drug-likeness (QED) is 0.323. The van der Waals surface area contributed by atoms with Gasteiger partial charge in [-0.25, -0.2) is 0 Å². The molecule has 2 bridgehead atoms. The Morgan fingerprint density at radius 3 is 1.27 bits per heavy atom. The maximum Gasteiger partial charge on any atom is 0.0118 e. The van der Waals surface area contributed by atoms with E-state index in [9.17, 15) is 0 Å². The van der Waals surface area contributed by atoms with Gasteiger partial charge in [-0.2, -0.15) is 0 Å². The molecular weight excluding hydrogens is 486 g/mol. The van der Waals surface area contributed by atoms with E-state index in [1.165, 1.54) is 71.1 Å². The molecule has 4 aliphatic heterocycles. The zero-order chi connectivity index (χ0) is 29.5. The first-order valence-electron chi connectivity index (χ1n) is 17.9. The lowest BCUT2D eigenvalue weighted by atomic mass is 9.55. The summed E-state index contributed by atoms with van der Waals surface area (Å²) < 4.78 is 0. The van der Waals surface area contributed by atoms with Crippen LogP contribution in [0.15, 0.2) is 0 Å². The van der Waals surface area contributed by atoms with Crippen molar-refractivity contribution in [2.45, 2.75) is 158 Å². The molecule has 3 heteroatoms. The monoisotopic (exact) mass is 558 g/mol. The summed E-state index contributed by atoms with van der Waals surface area (Å²) >= 11 is 0. The molecule has 7 fully saturated rings. The Hall–Kier alpha value is -0.120. The first kappa shape index (κ1) is 32.8. The molecule has 234 valence electrons. The molecule has 4 unspecified atom stereocenters. The fourth-order valence-corrected chi connectivity index (χ4v) is 9.65. The predicted molar refractivity (Wildman–Crippen MR) is 175 cm³/mol. The molecule has 0 aromatic rings. The molecule has 0 radical (unpaired) electrons. The van der Waals surface area contributed by atoms with Crippen molar-refractivity contribution in [1.29, 1.82) is 0 Å². The summed E-state index contributed by atoms with van der Waals surface area (Å²) in [6.45, 7) is 33.8. The maximum absolute atomic E-state index is 2.74. The van der Waals surface area contributed by atoms with Crippen LogP contribution in [-0.4, -0.2) is 71.1 Å². The van der Waals surface area contributed by atoms with E-state index in [1.807, 2.05) is 0 Å². The van der Waals surface area contributed by atoms with Gasteiger partial charge >= 0.3 is 0 Å². The van der Waals surface area contributed by atoms with E-state index in [-0.39, 0.29) is 0 Å². The summed E-state index contributed by atoms with van der Waals surface area (Å²) in [5.74, 6) is 7.87. The highest BCUT2D eigenvalue weighted by Crippen LogP contribution is 2.54. The van der Waals surface area contributed by atoms with Crippen LogP contribution in [0.5, 0.6) is 0 Å². The summed E-state index contributed by atoms with van der Waals surface area (Å²) in [7, 11) is 0. The standard InChI is InChI=1S/C13H25N.2C12H23N/c1-9(2)11-5-12-7-14(10(3)4)8-13(12)6-11;1-9(2)11-5-12(6-11)7-13(8-12)10(3)4;1-8(2)10-5-11-7-12(6-10)13(11)9(3)4/h9-13H,5-8H2,1-4H3;9-11H,5-8H2,1-4H3;8-12H,5-7H2,1-4H3. The van der Waals surface area contributed by atoms with E-state index in [1.54, 1.807) is 0 Å². The Bertz CT molecular complexity index is 701. The van der Waals surface area contributed by atoms with Crippen molar-refractivity contribution in [1.82, 2.24) is 14.7 Å². The van der Waals surface area contributed by atoms with Crippen molar-refractivity contribution in [3.63, 3.8) is 0 Å². The Morgan fingerprint density at radius 2 is 0.900 bits per heavy atom. The molecule has 0 aromatic heterocycles. The van der Waals surface area contributed by atoms with E-state index in [0.29, 0.717) is 0 Å². The summed E-state index contributed by atoms with van der Waals surface area (Å²) in [4.78, 5) is 8.02. The second kappa shape index (κ2) is 13.3. The molecule has 4 heterocycles. The molecule has 3 saturated carbocycles. The fraction of sp³-hybridized carbons (Fsp3) is 1.00. The second-order valence-corrected chi connectivity index (χ2v) is 17.5. The van der Waals surface area contributed by atoms with Crippen molar-refractivity contribution in [2.24, 2.45) is 52.8 Å².